The van der Waals surface area contributed by atoms with Crippen molar-refractivity contribution in [3.05, 3.63) is 28.8 Å². The molecule has 0 aliphatic heterocycles. The van der Waals surface area contributed by atoms with E-state index in [2.05, 4.69) is 0 Å². The fourth-order valence-corrected chi connectivity index (χ4v) is 1.76. The number of benzene rings is 1. The highest BCUT2D eigenvalue weighted by Gasteiger charge is 2.16. The highest BCUT2D eigenvalue weighted by molar-refractivity contribution is 5.44. The lowest BCUT2D eigenvalue weighted by Crippen LogP contribution is -2.03. The molecule has 4 nitrogen and oxygen atoms in total. The third-order valence-corrected chi connectivity index (χ3v) is 2.63. The quantitative estimate of drug-likeness (QED) is 0.711. The van der Waals surface area contributed by atoms with Gasteiger partial charge in [-0.05, 0) is 24.1 Å². The molecule has 0 aliphatic carbocycles. The molecular weight excluding hydrogens is 208 g/mol. The zero-order chi connectivity index (χ0) is 12.1. The van der Waals surface area contributed by atoms with Crippen molar-refractivity contribution in [2.24, 2.45) is 0 Å². The Balaban J connectivity index is 3.24. The van der Waals surface area contributed by atoms with Crippen molar-refractivity contribution in [1.29, 1.82) is 0 Å². The first-order valence-electron chi connectivity index (χ1n) is 5.27. The van der Waals surface area contributed by atoms with Crippen LogP contribution in [0.15, 0.2) is 12.1 Å². The van der Waals surface area contributed by atoms with Crippen molar-refractivity contribution in [2.45, 2.75) is 32.7 Å². The van der Waals surface area contributed by atoms with Crippen molar-refractivity contribution in [3.8, 4) is 5.75 Å². The smallest absolute Gasteiger partial charge is 0.126 e. The maximum Gasteiger partial charge on any atom is 0.126 e. The lowest BCUT2D eigenvalue weighted by molar-refractivity contribution is 0.0972. The molecule has 1 aromatic rings. The predicted molar refractivity (Wildman–Crippen MR) is 60.0 cm³/mol. The zero-order valence-electron chi connectivity index (χ0n) is 9.60. The summed E-state index contributed by atoms with van der Waals surface area (Å²) in [4.78, 5) is 0. The van der Waals surface area contributed by atoms with Gasteiger partial charge >= 0.3 is 0 Å². The van der Waals surface area contributed by atoms with E-state index in [0.29, 0.717) is 23.1 Å². The number of methoxy groups -OCH3 is 1. The van der Waals surface area contributed by atoms with Crippen molar-refractivity contribution in [1.82, 2.24) is 0 Å². The first-order chi connectivity index (χ1) is 7.67. The minimum atomic E-state index is -0.257. The SMILES string of the molecule is CCC(OC)c1cc(CO)cc(CO)c1O. The van der Waals surface area contributed by atoms with Gasteiger partial charge in [-0.3, -0.25) is 0 Å². The lowest BCUT2D eigenvalue weighted by atomic mass is 9.99. The van der Waals surface area contributed by atoms with Crippen LogP contribution in [0, 0.1) is 0 Å². The number of hydrogen-bond acceptors (Lipinski definition) is 4. The second kappa shape index (κ2) is 5.84. The Hall–Kier alpha value is -1.10. The molecule has 90 valence electrons. The molecule has 1 unspecified atom stereocenters. The number of aromatic hydroxyl groups is 1. The topological polar surface area (TPSA) is 69.9 Å². The number of phenols is 1. The molecule has 0 saturated carbocycles. The van der Waals surface area contributed by atoms with Gasteiger partial charge in [0.05, 0.1) is 19.3 Å². The highest BCUT2D eigenvalue weighted by atomic mass is 16.5. The van der Waals surface area contributed by atoms with Crippen LogP contribution in [0.1, 0.15) is 36.1 Å². The standard InChI is InChI=1S/C12H18O4/c1-3-11(16-2)10-5-8(6-13)4-9(7-14)12(10)15/h4-5,11,13-15H,3,6-7H2,1-2H3. The molecule has 0 amide bonds. The fraction of sp³-hybridized carbons (Fsp3) is 0.500. The Morgan fingerprint density at radius 2 is 1.94 bits per heavy atom. The predicted octanol–water partition coefficient (Wildman–Crippen LogP) is 1.47. The first-order valence-corrected chi connectivity index (χ1v) is 5.27. The van der Waals surface area contributed by atoms with Crippen LogP contribution in [-0.2, 0) is 18.0 Å². The number of ether oxygens (including phenoxy) is 1. The average Bonchev–Trinajstić information content (AvgIpc) is 2.32. The Labute approximate surface area is 95.1 Å². The summed E-state index contributed by atoms with van der Waals surface area (Å²) in [5, 5.41) is 28.1. The van der Waals surface area contributed by atoms with E-state index in [4.69, 9.17) is 14.9 Å². The molecule has 0 radical (unpaired) electrons. The molecule has 4 heteroatoms. The monoisotopic (exact) mass is 226 g/mol. The molecule has 16 heavy (non-hydrogen) atoms. The minimum Gasteiger partial charge on any atom is -0.507 e. The highest BCUT2D eigenvalue weighted by Crippen LogP contribution is 2.33. The Morgan fingerprint density at radius 1 is 1.25 bits per heavy atom. The van der Waals surface area contributed by atoms with Crippen LogP contribution in [-0.4, -0.2) is 22.4 Å². The molecular formula is C12H18O4. The van der Waals surface area contributed by atoms with E-state index in [1.54, 1.807) is 19.2 Å². The molecule has 1 rings (SSSR count). The third kappa shape index (κ3) is 2.52. The van der Waals surface area contributed by atoms with E-state index < -0.39 is 0 Å². The summed E-state index contributed by atoms with van der Waals surface area (Å²) in [5.74, 6) is 0.0494. The summed E-state index contributed by atoms with van der Waals surface area (Å²) < 4.78 is 5.24. The van der Waals surface area contributed by atoms with Gasteiger partial charge in [0.1, 0.15) is 5.75 Å². The molecule has 0 aliphatic rings. The van der Waals surface area contributed by atoms with Gasteiger partial charge < -0.3 is 20.1 Å². The molecule has 3 N–H and O–H groups in total. The summed E-state index contributed by atoms with van der Waals surface area (Å²) in [6, 6.07) is 3.29. The maximum absolute atomic E-state index is 9.92. The van der Waals surface area contributed by atoms with Gasteiger partial charge in [-0.25, -0.2) is 0 Å². The van der Waals surface area contributed by atoms with E-state index in [0.717, 1.165) is 0 Å². The van der Waals surface area contributed by atoms with E-state index >= 15 is 0 Å². The fourth-order valence-electron chi connectivity index (χ4n) is 1.76. The number of hydrogen-bond donors (Lipinski definition) is 3. The van der Waals surface area contributed by atoms with E-state index in [9.17, 15) is 5.11 Å². The van der Waals surface area contributed by atoms with Gasteiger partial charge in [0, 0.05) is 18.2 Å². The van der Waals surface area contributed by atoms with Crippen LogP contribution in [0.5, 0.6) is 5.75 Å². The molecule has 1 aromatic carbocycles. The van der Waals surface area contributed by atoms with Crippen molar-refractivity contribution in [2.75, 3.05) is 7.11 Å². The number of aliphatic hydroxyl groups excluding tert-OH is 2. The van der Waals surface area contributed by atoms with Crippen molar-refractivity contribution >= 4 is 0 Å². The Kier molecular flexibility index (Phi) is 4.73. The molecule has 1 atom stereocenters. The summed E-state index contributed by atoms with van der Waals surface area (Å²) in [6.45, 7) is 1.56. The normalized spacial score (nSPS) is 12.8. The van der Waals surface area contributed by atoms with Crippen molar-refractivity contribution < 1.29 is 20.1 Å². The summed E-state index contributed by atoms with van der Waals surface area (Å²) in [5.41, 5.74) is 1.69. The van der Waals surface area contributed by atoms with Gasteiger partial charge in [0.15, 0.2) is 0 Å². The van der Waals surface area contributed by atoms with Gasteiger partial charge in [-0.15, -0.1) is 0 Å². The van der Waals surface area contributed by atoms with Crippen LogP contribution >= 0.6 is 0 Å². The summed E-state index contributed by atoms with van der Waals surface area (Å²) >= 11 is 0. The Morgan fingerprint density at radius 3 is 2.38 bits per heavy atom. The Bertz CT molecular complexity index is 345. The second-order valence-corrected chi connectivity index (χ2v) is 3.64. The summed E-state index contributed by atoms with van der Waals surface area (Å²) in [7, 11) is 1.57. The van der Waals surface area contributed by atoms with Gasteiger partial charge in [0.25, 0.3) is 0 Å². The van der Waals surface area contributed by atoms with E-state index in [1.807, 2.05) is 6.92 Å². The van der Waals surface area contributed by atoms with Crippen LogP contribution in [0.3, 0.4) is 0 Å². The lowest BCUT2D eigenvalue weighted by Gasteiger charge is -2.18. The molecule has 0 heterocycles. The van der Waals surface area contributed by atoms with E-state index in [1.165, 1.54) is 0 Å². The average molecular weight is 226 g/mol. The zero-order valence-corrected chi connectivity index (χ0v) is 9.60. The number of aliphatic hydroxyl groups is 2. The molecule has 0 fully saturated rings. The molecule has 0 saturated heterocycles. The number of rotatable bonds is 5. The molecule has 0 spiro atoms. The second-order valence-electron chi connectivity index (χ2n) is 3.64. The van der Waals surface area contributed by atoms with Crippen LogP contribution < -0.4 is 0 Å². The minimum absolute atomic E-state index is 0.0494. The van der Waals surface area contributed by atoms with Gasteiger partial charge in [0.2, 0.25) is 0 Å². The first kappa shape index (κ1) is 13.0. The molecule has 0 aromatic heterocycles. The molecule has 0 bridgehead atoms. The summed E-state index contributed by atoms with van der Waals surface area (Å²) in [6.07, 6.45) is 0.487. The van der Waals surface area contributed by atoms with Crippen LogP contribution in [0.25, 0.3) is 0 Å². The van der Waals surface area contributed by atoms with E-state index in [-0.39, 0.29) is 25.1 Å². The maximum atomic E-state index is 9.92. The van der Waals surface area contributed by atoms with Crippen molar-refractivity contribution in [3.63, 3.8) is 0 Å². The van der Waals surface area contributed by atoms with Crippen LogP contribution in [0.2, 0.25) is 0 Å². The largest absolute Gasteiger partial charge is 0.507 e. The van der Waals surface area contributed by atoms with Crippen LogP contribution in [0.4, 0.5) is 0 Å². The third-order valence-electron chi connectivity index (χ3n) is 2.63. The van der Waals surface area contributed by atoms with Gasteiger partial charge in [-0.2, -0.15) is 0 Å². The van der Waals surface area contributed by atoms with Gasteiger partial charge in [-0.1, -0.05) is 6.92 Å².